The van der Waals surface area contributed by atoms with E-state index in [-0.39, 0.29) is 5.41 Å². The molecule has 0 saturated carbocycles. The van der Waals surface area contributed by atoms with Crippen LogP contribution in [0.25, 0.3) is 32.8 Å². The van der Waals surface area contributed by atoms with Crippen LogP contribution in [0.4, 0.5) is 0 Å². The second-order valence-corrected chi connectivity index (χ2v) is 21.8. The molecule has 0 bridgehead atoms. The first-order chi connectivity index (χ1) is 14.5. The molecule has 31 heavy (non-hydrogen) atoms. The first-order valence-electron chi connectivity index (χ1n) is 11.2. The van der Waals surface area contributed by atoms with E-state index < -0.39 is 13.3 Å². The second-order valence-electron chi connectivity index (χ2n) is 11.2. The SMILES string of the molecule is Cc1c[c]([Ge]([CH3])([CH3])[CH3])c2ccnc3c2c1Oc1c-3cc2ccccc2c1CC(C)(C)C. The van der Waals surface area contributed by atoms with Gasteiger partial charge in [-0.25, -0.2) is 0 Å². The molecule has 3 aromatic carbocycles. The molecule has 158 valence electrons. The summed E-state index contributed by atoms with van der Waals surface area (Å²) in [6.45, 7) is 9.08. The molecule has 1 aliphatic heterocycles. The molecule has 0 atom stereocenters. The number of rotatable bonds is 2. The van der Waals surface area contributed by atoms with Gasteiger partial charge in [0.2, 0.25) is 0 Å². The summed E-state index contributed by atoms with van der Waals surface area (Å²) in [6.07, 6.45) is 2.94. The van der Waals surface area contributed by atoms with E-state index in [0.717, 1.165) is 29.2 Å². The maximum absolute atomic E-state index is 6.81. The molecule has 1 aromatic heterocycles. The van der Waals surface area contributed by atoms with Gasteiger partial charge in [-0.1, -0.05) is 0 Å². The standard InChI is InChI=1S/C28H31GeNO/c1-17-14-23(29(5,6)7)20-12-13-30-25-21-15-18-10-8-9-11-19(18)22(16-28(2,3)4)27(21)31-26(17)24(20)25/h8-15H,16H2,1-7H3. The van der Waals surface area contributed by atoms with E-state index in [1.54, 1.807) is 0 Å². The first kappa shape index (κ1) is 20.6. The number of ether oxygens (including phenoxy) is 1. The fourth-order valence-corrected chi connectivity index (χ4v) is 8.43. The van der Waals surface area contributed by atoms with Gasteiger partial charge in [0, 0.05) is 0 Å². The normalized spacial score (nSPS) is 13.4. The number of aromatic nitrogens is 1. The second kappa shape index (κ2) is 6.83. The predicted octanol–water partition coefficient (Wildman–Crippen LogP) is 7.60. The van der Waals surface area contributed by atoms with Crippen molar-refractivity contribution in [3.8, 4) is 22.8 Å². The molecule has 0 fully saturated rings. The molecular formula is C28H31GeNO. The van der Waals surface area contributed by atoms with Crippen molar-refractivity contribution in [1.82, 2.24) is 4.98 Å². The average Bonchev–Trinajstić information content (AvgIpc) is 2.69. The van der Waals surface area contributed by atoms with Crippen LogP contribution in [0.15, 0.2) is 48.7 Å². The van der Waals surface area contributed by atoms with Crippen LogP contribution in [0.2, 0.25) is 17.3 Å². The summed E-state index contributed by atoms with van der Waals surface area (Å²) < 4.78 is 8.34. The molecule has 0 aliphatic carbocycles. The van der Waals surface area contributed by atoms with Crippen LogP contribution in [0.1, 0.15) is 31.9 Å². The third-order valence-corrected chi connectivity index (χ3v) is 10.5. The van der Waals surface area contributed by atoms with Crippen LogP contribution in [-0.4, -0.2) is 18.3 Å². The Morgan fingerprint density at radius 1 is 0.935 bits per heavy atom. The zero-order valence-electron chi connectivity index (χ0n) is 19.7. The van der Waals surface area contributed by atoms with Crippen molar-refractivity contribution in [1.29, 1.82) is 0 Å². The molecule has 0 amide bonds. The van der Waals surface area contributed by atoms with Gasteiger partial charge < -0.3 is 0 Å². The molecule has 1 aliphatic rings. The van der Waals surface area contributed by atoms with Crippen LogP contribution in [0.5, 0.6) is 11.5 Å². The zero-order valence-corrected chi connectivity index (χ0v) is 21.8. The fraction of sp³-hybridized carbons (Fsp3) is 0.321. The van der Waals surface area contributed by atoms with Crippen molar-refractivity contribution < 1.29 is 4.74 Å². The van der Waals surface area contributed by atoms with Crippen molar-refractivity contribution in [2.45, 2.75) is 51.4 Å². The Balaban J connectivity index is 1.91. The van der Waals surface area contributed by atoms with Gasteiger partial charge in [0.15, 0.2) is 0 Å². The monoisotopic (exact) mass is 471 g/mol. The summed E-state index contributed by atoms with van der Waals surface area (Å²) in [5.41, 5.74) is 4.87. The quantitative estimate of drug-likeness (QED) is 0.248. The molecule has 0 spiro atoms. The van der Waals surface area contributed by atoms with Crippen molar-refractivity contribution in [3.05, 3.63) is 59.8 Å². The Kier molecular flexibility index (Phi) is 4.53. The molecule has 0 unspecified atom stereocenters. The summed E-state index contributed by atoms with van der Waals surface area (Å²) in [5.74, 6) is 9.37. The number of aryl methyl sites for hydroxylation is 1. The number of fused-ring (bicyclic) bond motifs is 3. The van der Waals surface area contributed by atoms with Gasteiger partial charge in [-0.2, -0.15) is 0 Å². The molecule has 0 radical (unpaired) electrons. The Hall–Kier alpha value is -2.33. The van der Waals surface area contributed by atoms with Gasteiger partial charge >= 0.3 is 188 Å². The first-order valence-corrected chi connectivity index (χ1v) is 18.5. The van der Waals surface area contributed by atoms with E-state index in [9.17, 15) is 0 Å². The van der Waals surface area contributed by atoms with Crippen LogP contribution < -0.4 is 9.13 Å². The van der Waals surface area contributed by atoms with Gasteiger partial charge in [-0.05, 0) is 0 Å². The third kappa shape index (κ3) is 3.36. The molecule has 2 heterocycles. The average molecular weight is 470 g/mol. The van der Waals surface area contributed by atoms with E-state index in [4.69, 9.17) is 9.72 Å². The number of pyridine rings is 1. The zero-order chi connectivity index (χ0) is 22.1. The number of benzene rings is 3. The van der Waals surface area contributed by atoms with E-state index in [1.807, 2.05) is 6.20 Å². The van der Waals surface area contributed by atoms with Gasteiger partial charge in [0.25, 0.3) is 0 Å². The third-order valence-electron chi connectivity index (χ3n) is 6.27. The van der Waals surface area contributed by atoms with Crippen LogP contribution in [0.3, 0.4) is 0 Å². The van der Waals surface area contributed by atoms with Crippen LogP contribution in [-0.2, 0) is 6.42 Å². The molecule has 0 saturated heterocycles. The molecule has 4 aromatic rings. The Bertz CT molecular complexity index is 1360. The fourth-order valence-electron chi connectivity index (χ4n) is 4.93. The molecular weight excluding hydrogens is 439 g/mol. The number of nitrogens with zero attached hydrogens (tertiary/aromatic N) is 1. The van der Waals surface area contributed by atoms with Crippen LogP contribution >= 0.6 is 0 Å². The molecule has 0 N–H and O–H groups in total. The minimum atomic E-state index is -2.07. The summed E-state index contributed by atoms with van der Waals surface area (Å²) >= 11 is -2.07. The molecule has 3 heteroatoms. The Labute approximate surface area is 188 Å². The number of hydrogen-bond acceptors (Lipinski definition) is 2. The Morgan fingerprint density at radius 3 is 2.39 bits per heavy atom. The Morgan fingerprint density at radius 2 is 1.68 bits per heavy atom. The van der Waals surface area contributed by atoms with Gasteiger partial charge in [-0.3, -0.25) is 0 Å². The van der Waals surface area contributed by atoms with Crippen molar-refractivity contribution in [2.24, 2.45) is 5.41 Å². The van der Waals surface area contributed by atoms with E-state index >= 15 is 0 Å². The summed E-state index contributed by atoms with van der Waals surface area (Å²) in [6, 6.07) is 15.6. The molecule has 2 nitrogen and oxygen atoms in total. The predicted molar refractivity (Wildman–Crippen MR) is 136 cm³/mol. The minimum absolute atomic E-state index is 0.152. The van der Waals surface area contributed by atoms with Crippen molar-refractivity contribution in [3.63, 3.8) is 0 Å². The van der Waals surface area contributed by atoms with E-state index in [1.165, 1.54) is 37.1 Å². The van der Waals surface area contributed by atoms with Crippen molar-refractivity contribution in [2.75, 3.05) is 0 Å². The van der Waals surface area contributed by atoms with Gasteiger partial charge in [0.1, 0.15) is 0 Å². The van der Waals surface area contributed by atoms with E-state index in [0.29, 0.717) is 0 Å². The number of hydrogen-bond donors (Lipinski definition) is 0. The maximum atomic E-state index is 6.81. The van der Waals surface area contributed by atoms with E-state index in [2.05, 4.69) is 87.4 Å². The van der Waals surface area contributed by atoms with Gasteiger partial charge in [-0.15, -0.1) is 0 Å². The summed E-state index contributed by atoms with van der Waals surface area (Å²) in [5, 5.41) is 5.07. The molecule has 5 rings (SSSR count). The van der Waals surface area contributed by atoms with Crippen molar-refractivity contribution >= 4 is 39.2 Å². The van der Waals surface area contributed by atoms with Crippen LogP contribution in [0, 0.1) is 12.3 Å². The topological polar surface area (TPSA) is 22.1 Å². The summed E-state index contributed by atoms with van der Waals surface area (Å²) in [4.78, 5) is 4.93. The summed E-state index contributed by atoms with van der Waals surface area (Å²) in [7, 11) is 0. The van der Waals surface area contributed by atoms with Gasteiger partial charge in [0.05, 0.1) is 0 Å².